The number of aryl methyl sites for hydroxylation is 1. The first kappa shape index (κ1) is 13.9. The first-order valence-electron chi connectivity index (χ1n) is 6.01. The predicted molar refractivity (Wildman–Crippen MR) is 79.7 cm³/mol. The van der Waals surface area contributed by atoms with E-state index in [-0.39, 0.29) is 0 Å². The summed E-state index contributed by atoms with van der Waals surface area (Å²) in [6, 6.07) is 17.3. The Balaban J connectivity index is 0.000000686. The Hall–Kier alpha value is -1.21. The Bertz CT molecular complexity index is 426. The highest BCUT2D eigenvalue weighted by Crippen LogP contribution is 2.23. The summed E-state index contributed by atoms with van der Waals surface area (Å²) in [5, 5.41) is 0. The van der Waals surface area contributed by atoms with Crippen molar-refractivity contribution in [1.82, 2.24) is 0 Å². The molecule has 0 atom stereocenters. The molecule has 0 bridgehead atoms. The van der Waals surface area contributed by atoms with Crippen molar-refractivity contribution in [3.8, 4) is 11.1 Å². The van der Waals surface area contributed by atoms with Crippen LogP contribution in [0.15, 0.2) is 53.4 Å². The highest BCUT2D eigenvalue weighted by atomic mass is 32.2. The van der Waals surface area contributed by atoms with E-state index in [2.05, 4.69) is 61.7 Å². The maximum absolute atomic E-state index is 2.18. The zero-order valence-electron chi connectivity index (χ0n) is 11.0. The van der Waals surface area contributed by atoms with Crippen LogP contribution >= 0.6 is 11.8 Å². The zero-order chi connectivity index (χ0) is 12.7. The van der Waals surface area contributed by atoms with E-state index in [1.54, 1.807) is 11.8 Å². The fourth-order valence-electron chi connectivity index (χ4n) is 1.53. The van der Waals surface area contributed by atoms with Crippen molar-refractivity contribution < 1.29 is 0 Å². The Kier molecular flexibility index (Phi) is 5.85. The van der Waals surface area contributed by atoms with E-state index in [0.29, 0.717) is 0 Å². The lowest BCUT2D eigenvalue weighted by Gasteiger charge is -2.03. The summed E-state index contributed by atoms with van der Waals surface area (Å²) >= 11 is 1.78. The topological polar surface area (TPSA) is 0 Å². The molecule has 0 fully saturated rings. The van der Waals surface area contributed by atoms with Crippen molar-refractivity contribution in [2.75, 3.05) is 6.26 Å². The van der Waals surface area contributed by atoms with E-state index in [4.69, 9.17) is 0 Å². The summed E-state index contributed by atoms with van der Waals surface area (Å²) in [4.78, 5) is 1.31. The van der Waals surface area contributed by atoms with Crippen LogP contribution in [0, 0.1) is 6.92 Å². The molecular formula is C16H20S. The summed E-state index contributed by atoms with van der Waals surface area (Å²) in [7, 11) is 0. The van der Waals surface area contributed by atoms with Gasteiger partial charge in [0.1, 0.15) is 0 Å². The van der Waals surface area contributed by atoms with Crippen LogP contribution < -0.4 is 0 Å². The smallest absolute Gasteiger partial charge is 0.00695 e. The van der Waals surface area contributed by atoms with Gasteiger partial charge in [0.15, 0.2) is 0 Å². The lowest BCUT2D eigenvalue weighted by Crippen LogP contribution is -1.78. The largest absolute Gasteiger partial charge is 0.130 e. The van der Waals surface area contributed by atoms with Crippen LogP contribution in [0.5, 0.6) is 0 Å². The van der Waals surface area contributed by atoms with E-state index >= 15 is 0 Å². The van der Waals surface area contributed by atoms with E-state index in [0.717, 1.165) is 0 Å². The second-order valence-corrected chi connectivity index (χ2v) is 4.47. The average molecular weight is 244 g/mol. The van der Waals surface area contributed by atoms with Gasteiger partial charge in [-0.2, -0.15) is 0 Å². The highest BCUT2D eigenvalue weighted by molar-refractivity contribution is 7.98. The molecule has 2 aromatic rings. The van der Waals surface area contributed by atoms with Gasteiger partial charge in [0.2, 0.25) is 0 Å². The molecule has 2 aromatic carbocycles. The summed E-state index contributed by atoms with van der Waals surface area (Å²) in [5.41, 5.74) is 3.88. The van der Waals surface area contributed by atoms with Gasteiger partial charge in [-0.25, -0.2) is 0 Å². The number of thioether (sulfide) groups is 1. The van der Waals surface area contributed by atoms with Gasteiger partial charge in [0.25, 0.3) is 0 Å². The molecule has 0 aliphatic rings. The minimum absolute atomic E-state index is 1.28. The Morgan fingerprint density at radius 1 is 0.706 bits per heavy atom. The predicted octanol–water partition coefficient (Wildman–Crippen LogP) is 5.41. The fourth-order valence-corrected chi connectivity index (χ4v) is 1.94. The molecule has 0 heterocycles. The van der Waals surface area contributed by atoms with Gasteiger partial charge in [-0.1, -0.05) is 55.8 Å². The van der Waals surface area contributed by atoms with E-state index in [9.17, 15) is 0 Å². The Labute approximate surface area is 109 Å². The van der Waals surface area contributed by atoms with Crippen LogP contribution in [0.2, 0.25) is 0 Å². The van der Waals surface area contributed by atoms with E-state index < -0.39 is 0 Å². The maximum Gasteiger partial charge on any atom is 0.00695 e. The fraction of sp³-hybridized carbons (Fsp3) is 0.250. The monoisotopic (exact) mass is 244 g/mol. The molecule has 0 aliphatic carbocycles. The molecule has 0 aromatic heterocycles. The molecule has 2 rings (SSSR count). The van der Waals surface area contributed by atoms with Crippen molar-refractivity contribution >= 4 is 11.8 Å². The third-order valence-electron chi connectivity index (χ3n) is 2.47. The molecule has 0 spiro atoms. The first-order valence-corrected chi connectivity index (χ1v) is 7.23. The quantitative estimate of drug-likeness (QED) is 0.636. The van der Waals surface area contributed by atoms with Gasteiger partial charge in [0.05, 0.1) is 0 Å². The second kappa shape index (κ2) is 7.18. The number of hydrogen-bond donors (Lipinski definition) is 0. The van der Waals surface area contributed by atoms with Gasteiger partial charge < -0.3 is 0 Å². The van der Waals surface area contributed by atoms with Crippen molar-refractivity contribution in [1.29, 1.82) is 0 Å². The average Bonchev–Trinajstić information content (AvgIpc) is 2.42. The summed E-state index contributed by atoms with van der Waals surface area (Å²) < 4.78 is 0. The van der Waals surface area contributed by atoms with Crippen LogP contribution in [0.1, 0.15) is 19.4 Å². The normalized spacial score (nSPS) is 9.41. The van der Waals surface area contributed by atoms with E-state index in [1.807, 2.05) is 13.8 Å². The van der Waals surface area contributed by atoms with E-state index in [1.165, 1.54) is 21.6 Å². The maximum atomic E-state index is 2.18. The summed E-state index contributed by atoms with van der Waals surface area (Å²) in [5.74, 6) is 0. The third kappa shape index (κ3) is 3.94. The van der Waals surface area contributed by atoms with Crippen LogP contribution in [-0.2, 0) is 0 Å². The molecule has 0 radical (unpaired) electrons. The molecule has 0 saturated carbocycles. The molecule has 0 saturated heterocycles. The van der Waals surface area contributed by atoms with Gasteiger partial charge in [0, 0.05) is 4.90 Å². The SMILES string of the molecule is CC.CSc1ccc(-c2ccc(C)cc2)cc1. The van der Waals surface area contributed by atoms with Crippen molar-refractivity contribution in [2.45, 2.75) is 25.7 Å². The van der Waals surface area contributed by atoms with Gasteiger partial charge in [-0.05, 0) is 36.4 Å². The van der Waals surface area contributed by atoms with Crippen LogP contribution in [0.4, 0.5) is 0 Å². The molecule has 0 aliphatic heterocycles. The molecular weight excluding hydrogens is 224 g/mol. The Morgan fingerprint density at radius 3 is 1.53 bits per heavy atom. The third-order valence-corrected chi connectivity index (χ3v) is 3.22. The molecule has 0 N–H and O–H groups in total. The van der Waals surface area contributed by atoms with Crippen molar-refractivity contribution in [3.05, 3.63) is 54.1 Å². The van der Waals surface area contributed by atoms with Crippen molar-refractivity contribution in [2.24, 2.45) is 0 Å². The minimum Gasteiger partial charge on any atom is -0.130 e. The lowest BCUT2D eigenvalue weighted by molar-refractivity contribution is 1.44. The number of hydrogen-bond acceptors (Lipinski definition) is 1. The van der Waals surface area contributed by atoms with Crippen LogP contribution in [0.25, 0.3) is 11.1 Å². The minimum atomic E-state index is 1.28. The molecule has 0 unspecified atom stereocenters. The second-order valence-electron chi connectivity index (χ2n) is 3.59. The molecule has 1 heteroatoms. The zero-order valence-corrected chi connectivity index (χ0v) is 11.8. The van der Waals surface area contributed by atoms with Gasteiger partial charge in [-0.3, -0.25) is 0 Å². The van der Waals surface area contributed by atoms with Crippen LogP contribution in [0.3, 0.4) is 0 Å². The summed E-state index contributed by atoms with van der Waals surface area (Å²) in [6.45, 7) is 6.11. The Morgan fingerprint density at radius 2 is 1.12 bits per heavy atom. The standard InChI is InChI=1S/C14H14S.C2H6/c1-11-3-5-12(6-4-11)13-7-9-14(15-2)10-8-13;1-2/h3-10H,1-2H3;1-2H3. The molecule has 17 heavy (non-hydrogen) atoms. The number of benzene rings is 2. The molecule has 90 valence electrons. The molecule has 0 nitrogen and oxygen atoms in total. The van der Waals surface area contributed by atoms with Crippen LogP contribution in [-0.4, -0.2) is 6.26 Å². The van der Waals surface area contributed by atoms with Gasteiger partial charge >= 0.3 is 0 Å². The highest BCUT2D eigenvalue weighted by Gasteiger charge is 1.96. The lowest BCUT2D eigenvalue weighted by atomic mass is 10.0. The first-order chi connectivity index (χ1) is 8.29. The van der Waals surface area contributed by atoms with Gasteiger partial charge in [-0.15, -0.1) is 11.8 Å². The molecule has 0 amide bonds. The number of rotatable bonds is 2. The van der Waals surface area contributed by atoms with Crippen molar-refractivity contribution in [3.63, 3.8) is 0 Å². The summed E-state index contributed by atoms with van der Waals surface area (Å²) in [6.07, 6.45) is 2.10.